The van der Waals surface area contributed by atoms with E-state index in [0.29, 0.717) is 42.8 Å². The molecule has 1 N–H and O–H groups in total. The average molecular weight is 550 g/mol. The lowest BCUT2D eigenvalue weighted by atomic mass is 10.1. The number of fused-ring (bicyclic) bond motifs is 2. The van der Waals surface area contributed by atoms with Crippen LogP contribution < -0.4 is 14.2 Å². The molecule has 0 spiro atoms. The molecule has 4 aromatic rings. The number of aromatic nitrogens is 3. The van der Waals surface area contributed by atoms with E-state index in [1.807, 2.05) is 19.2 Å². The molecule has 0 aliphatic carbocycles. The van der Waals surface area contributed by atoms with Crippen molar-refractivity contribution in [2.75, 3.05) is 18.9 Å². The summed E-state index contributed by atoms with van der Waals surface area (Å²) in [4.78, 5) is 13.7. The Kier molecular flexibility index (Phi) is 6.93. The molecule has 0 radical (unpaired) electrons. The molecule has 2 aromatic heterocycles. The van der Waals surface area contributed by atoms with E-state index in [0.717, 1.165) is 22.4 Å². The van der Waals surface area contributed by atoms with Crippen molar-refractivity contribution in [1.82, 2.24) is 19.8 Å². The predicted molar refractivity (Wildman–Crippen MR) is 143 cm³/mol. The second-order valence-corrected chi connectivity index (χ2v) is 10.6. The molecule has 1 aliphatic heterocycles. The van der Waals surface area contributed by atoms with Gasteiger partial charge in [-0.1, -0.05) is 24.1 Å². The minimum atomic E-state index is -4.05. The maximum absolute atomic E-state index is 13.3. The number of nitrogens with zero attached hydrogens (tertiary/aromatic N) is 4. The Morgan fingerprint density at radius 2 is 1.92 bits per heavy atom. The molecule has 3 heterocycles. The molecule has 39 heavy (non-hydrogen) atoms. The van der Waals surface area contributed by atoms with Gasteiger partial charge in [0.1, 0.15) is 21.8 Å². The number of anilines is 1. The van der Waals surface area contributed by atoms with Crippen molar-refractivity contribution >= 4 is 32.7 Å². The van der Waals surface area contributed by atoms with Gasteiger partial charge >= 0.3 is 0 Å². The number of benzene rings is 2. The van der Waals surface area contributed by atoms with Gasteiger partial charge in [0.2, 0.25) is 0 Å². The molecule has 5 rings (SSSR count). The summed E-state index contributed by atoms with van der Waals surface area (Å²) in [7, 11) is -1.14. The standard InChI is InChI=1S/C27H27N5O6S/c1-5-7-25(33)31-14-19-15-32(28-20(19)16-31)13-18-10-22(37-4)26-23(11-18)38-29-27(26)30-39(34,35)24-12-17(6-2)8-9-21(24)36-3/h8-12,15H,6,13-14,16H2,1-4H3,(H,29,30). The van der Waals surface area contributed by atoms with Gasteiger partial charge < -0.3 is 18.9 Å². The highest BCUT2D eigenvalue weighted by molar-refractivity contribution is 7.92. The largest absolute Gasteiger partial charge is 0.496 e. The molecule has 0 atom stereocenters. The van der Waals surface area contributed by atoms with Gasteiger partial charge in [0, 0.05) is 11.8 Å². The summed E-state index contributed by atoms with van der Waals surface area (Å²) in [5.41, 5.74) is 3.81. The van der Waals surface area contributed by atoms with Gasteiger partial charge in [-0.2, -0.15) is 5.10 Å². The molecule has 0 unspecified atom stereocenters. The van der Waals surface area contributed by atoms with Crippen LogP contribution in [0.1, 0.15) is 36.2 Å². The number of methoxy groups -OCH3 is 2. The summed E-state index contributed by atoms with van der Waals surface area (Å²) in [6, 6.07) is 8.57. The number of amides is 1. The first-order valence-electron chi connectivity index (χ1n) is 12.2. The molecule has 202 valence electrons. The topological polar surface area (TPSA) is 129 Å². The summed E-state index contributed by atoms with van der Waals surface area (Å²) in [5, 5.41) is 8.99. The first kappa shape index (κ1) is 26.1. The van der Waals surface area contributed by atoms with Crippen LogP contribution in [0, 0.1) is 11.8 Å². The van der Waals surface area contributed by atoms with Crippen LogP contribution >= 0.6 is 0 Å². The van der Waals surface area contributed by atoms with Crippen molar-refractivity contribution in [2.24, 2.45) is 0 Å². The van der Waals surface area contributed by atoms with Crippen molar-refractivity contribution in [3.63, 3.8) is 0 Å². The Morgan fingerprint density at radius 1 is 1.13 bits per heavy atom. The molecule has 1 amide bonds. The molecule has 1 aliphatic rings. The molecule has 0 bridgehead atoms. The van der Waals surface area contributed by atoms with Crippen LogP contribution in [0.15, 0.2) is 45.9 Å². The van der Waals surface area contributed by atoms with Crippen molar-refractivity contribution in [2.45, 2.75) is 44.8 Å². The lowest BCUT2D eigenvalue weighted by Gasteiger charge is -2.12. The van der Waals surface area contributed by atoms with Crippen LogP contribution in [-0.4, -0.2) is 48.4 Å². The Bertz CT molecular complexity index is 1720. The molecule has 0 fully saturated rings. The number of hydrogen-bond acceptors (Lipinski definition) is 8. The summed E-state index contributed by atoms with van der Waals surface area (Å²) >= 11 is 0. The minimum Gasteiger partial charge on any atom is -0.496 e. The second-order valence-electron chi connectivity index (χ2n) is 8.98. The lowest BCUT2D eigenvalue weighted by molar-refractivity contribution is -0.125. The van der Waals surface area contributed by atoms with Gasteiger partial charge in [0.25, 0.3) is 15.9 Å². The van der Waals surface area contributed by atoms with Gasteiger partial charge in [-0.05, 0) is 54.7 Å². The minimum absolute atomic E-state index is 0.00446. The Hall–Kier alpha value is -4.50. The van der Waals surface area contributed by atoms with Crippen molar-refractivity contribution in [3.8, 4) is 23.3 Å². The number of aryl methyl sites for hydroxylation is 1. The normalized spacial score (nSPS) is 12.7. The number of rotatable bonds is 8. The molecule has 2 aromatic carbocycles. The SMILES string of the molecule is CC#CC(=O)N1Cc2cn(Cc3cc(OC)c4c(NS(=O)(=O)c5cc(CC)ccc5OC)noc4c3)nc2C1. The number of sulfonamides is 1. The second kappa shape index (κ2) is 10.3. The average Bonchev–Trinajstić information content (AvgIpc) is 3.61. The van der Waals surface area contributed by atoms with E-state index in [-0.39, 0.29) is 22.4 Å². The van der Waals surface area contributed by atoms with Crippen molar-refractivity contribution in [3.05, 3.63) is 58.9 Å². The van der Waals surface area contributed by atoms with E-state index in [1.165, 1.54) is 14.2 Å². The highest BCUT2D eigenvalue weighted by Gasteiger charge is 2.27. The summed E-state index contributed by atoms with van der Waals surface area (Å²) in [6.07, 6.45) is 2.57. The zero-order valence-electron chi connectivity index (χ0n) is 21.9. The Labute approximate surface area is 225 Å². The highest BCUT2D eigenvalue weighted by atomic mass is 32.2. The van der Waals surface area contributed by atoms with Crippen LogP contribution in [-0.2, 0) is 40.9 Å². The van der Waals surface area contributed by atoms with Gasteiger partial charge in [0.05, 0.1) is 39.5 Å². The fraction of sp³-hybridized carbons (Fsp3) is 0.296. The molecule has 0 saturated carbocycles. The third-order valence-electron chi connectivity index (χ3n) is 6.46. The smallest absolute Gasteiger partial charge is 0.299 e. The van der Waals surface area contributed by atoms with E-state index in [2.05, 4.69) is 26.8 Å². The Balaban J connectivity index is 1.41. The van der Waals surface area contributed by atoms with Crippen LogP contribution in [0.25, 0.3) is 11.0 Å². The summed E-state index contributed by atoms with van der Waals surface area (Å²) in [5.74, 6) is 5.59. The monoisotopic (exact) mass is 549 g/mol. The number of carbonyl (C=O) groups excluding carboxylic acids is 1. The third-order valence-corrected chi connectivity index (χ3v) is 7.82. The van der Waals surface area contributed by atoms with Gasteiger partial charge in [-0.25, -0.2) is 8.42 Å². The summed E-state index contributed by atoms with van der Waals surface area (Å²) < 4.78 is 47.3. The quantitative estimate of drug-likeness (QED) is 0.332. The third kappa shape index (κ3) is 5.00. The van der Waals surface area contributed by atoms with Crippen LogP contribution in [0.3, 0.4) is 0 Å². The first-order chi connectivity index (χ1) is 18.8. The molecule has 0 saturated heterocycles. The zero-order chi connectivity index (χ0) is 27.7. The Morgan fingerprint density at radius 3 is 2.62 bits per heavy atom. The zero-order valence-corrected chi connectivity index (χ0v) is 22.8. The van der Waals surface area contributed by atoms with Crippen LogP contribution in [0.4, 0.5) is 5.82 Å². The molecule has 12 heteroatoms. The van der Waals surface area contributed by atoms with E-state index in [4.69, 9.17) is 14.0 Å². The first-order valence-corrected chi connectivity index (χ1v) is 13.7. The lowest BCUT2D eigenvalue weighted by Crippen LogP contribution is -2.24. The van der Waals surface area contributed by atoms with E-state index >= 15 is 0 Å². The number of carbonyl (C=O) groups is 1. The maximum atomic E-state index is 13.3. The molecular formula is C27H27N5O6S. The maximum Gasteiger partial charge on any atom is 0.299 e. The number of hydrogen-bond donors (Lipinski definition) is 1. The van der Waals surface area contributed by atoms with Crippen LogP contribution in [0.2, 0.25) is 0 Å². The summed E-state index contributed by atoms with van der Waals surface area (Å²) in [6.45, 7) is 4.85. The van der Waals surface area contributed by atoms with E-state index < -0.39 is 10.0 Å². The van der Waals surface area contributed by atoms with E-state index in [1.54, 1.807) is 40.8 Å². The molecular weight excluding hydrogens is 522 g/mol. The van der Waals surface area contributed by atoms with Crippen molar-refractivity contribution in [1.29, 1.82) is 0 Å². The van der Waals surface area contributed by atoms with Gasteiger partial charge in [0.15, 0.2) is 11.4 Å². The van der Waals surface area contributed by atoms with Crippen molar-refractivity contribution < 1.29 is 27.2 Å². The number of ether oxygens (including phenoxy) is 2. The fourth-order valence-electron chi connectivity index (χ4n) is 4.55. The fourth-order valence-corrected chi connectivity index (χ4v) is 5.78. The van der Waals surface area contributed by atoms with Gasteiger partial charge in [-0.3, -0.25) is 14.2 Å². The number of nitrogens with one attached hydrogen (secondary N) is 1. The predicted octanol–water partition coefficient (Wildman–Crippen LogP) is 3.32. The highest BCUT2D eigenvalue weighted by Crippen LogP contribution is 2.36. The van der Waals surface area contributed by atoms with E-state index in [9.17, 15) is 13.2 Å². The molecule has 11 nitrogen and oxygen atoms in total. The van der Waals surface area contributed by atoms with Crippen LogP contribution in [0.5, 0.6) is 11.5 Å². The van der Waals surface area contributed by atoms with Gasteiger partial charge in [-0.15, -0.1) is 0 Å².